The molecule has 0 bridgehead atoms. The molecule has 0 aliphatic heterocycles. The van der Waals surface area contributed by atoms with E-state index >= 15 is 0 Å². The van der Waals surface area contributed by atoms with E-state index in [4.69, 9.17) is 0 Å². The average Bonchev–Trinajstić information content (AvgIpc) is 2.84. The van der Waals surface area contributed by atoms with Crippen LogP contribution in [0.3, 0.4) is 0 Å². The molecule has 0 atom stereocenters. The number of fused-ring (bicyclic) bond motifs is 1. The molecule has 0 aliphatic rings. The van der Waals surface area contributed by atoms with Crippen molar-refractivity contribution in [1.82, 2.24) is 15.0 Å². The van der Waals surface area contributed by atoms with E-state index < -0.39 is 0 Å². The number of nitrogens with one attached hydrogen (secondary N) is 1. The Labute approximate surface area is 105 Å². The van der Waals surface area contributed by atoms with Gasteiger partial charge in [-0.25, -0.2) is 9.97 Å². The number of aryl methyl sites for hydroxylation is 1. The van der Waals surface area contributed by atoms with Gasteiger partial charge in [0.2, 0.25) is 0 Å². The van der Waals surface area contributed by atoms with Crippen molar-refractivity contribution in [3.8, 4) is 11.8 Å². The fraction of sp³-hybridized carbons (Fsp3) is 0.0667. The first-order valence-corrected chi connectivity index (χ1v) is 5.70. The lowest BCUT2D eigenvalue weighted by atomic mass is 10.1. The number of rotatable bonds is 0. The van der Waals surface area contributed by atoms with Gasteiger partial charge in [-0.2, -0.15) is 0 Å². The molecule has 0 amide bonds. The Bertz CT molecular complexity index is 760. The average molecular weight is 233 g/mol. The maximum absolute atomic E-state index is 4.41. The molecule has 0 aliphatic carbocycles. The standard InChI is InChI=1S/C15H11N3/c1-11-3-2-4-12(9-11)5-6-13-10-17-15-14(18-13)7-8-16-15/h2-4,7-10H,1H3,(H,16,17). The van der Waals surface area contributed by atoms with Crippen molar-refractivity contribution in [2.75, 3.05) is 0 Å². The van der Waals surface area contributed by atoms with Gasteiger partial charge in [-0.3, -0.25) is 0 Å². The zero-order valence-corrected chi connectivity index (χ0v) is 9.94. The molecular weight excluding hydrogens is 222 g/mol. The normalized spacial score (nSPS) is 10.1. The van der Waals surface area contributed by atoms with Crippen LogP contribution in [0.2, 0.25) is 0 Å². The van der Waals surface area contributed by atoms with Gasteiger partial charge in [-0.1, -0.05) is 18.1 Å². The molecule has 0 fully saturated rings. The SMILES string of the molecule is Cc1cccc(C#Cc2cnc3[nH]ccc3n2)c1. The predicted molar refractivity (Wildman–Crippen MR) is 71.0 cm³/mol. The van der Waals surface area contributed by atoms with E-state index in [1.165, 1.54) is 5.56 Å². The minimum atomic E-state index is 0.684. The van der Waals surface area contributed by atoms with Gasteiger partial charge >= 0.3 is 0 Å². The van der Waals surface area contributed by atoms with E-state index in [2.05, 4.69) is 45.8 Å². The van der Waals surface area contributed by atoms with E-state index in [0.29, 0.717) is 5.69 Å². The number of hydrogen-bond donors (Lipinski definition) is 1. The summed E-state index contributed by atoms with van der Waals surface area (Å²) in [5, 5.41) is 0. The summed E-state index contributed by atoms with van der Waals surface area (Å²) in [6.07, 6.45) is 3.50. The molecule has 86 valence electrons. The van der Waals surface area contributed by atoms with Crippen LogP contribution in [0.15, 0.2) is 42.7 Å². The van der Waals surface area contributed by atoms with Crippen LogP contribution in [-0.4, -0.2) is 15.0 Å². The smallest absolute Gasteiger partial charge is 0.156 e. The molecule has 3 rings (SSSR count). The Morgan fingerprint density at radius 3 is 3.00 bits per heavy atom. The molecule has 2 heterocycles. The molecule has 0 saturated heterocycles. The first-order valence-electron chi connectivity index (χ1n) is 5.70. The first kappa shape index (κ1) is 10.5. The van der Waals surface area contributed by atoms with Crippen LogP contribution in [0.25, 0.3) is 11.2 Å². The Hall–Kier alpha value is -2.60. The zero-order valence-electron chi connectivity index (χ0n) is 9.94. The molecular formula is C15H11N3. The highest BCUT2D eigenvalue weighted by Gasteiger charge is 1.97. The maximum atomic E-state index is 4.41. The molecule has 1 aromatic carbocycles. The second kappa shape index (κ2) is 4.34. The Morgan fingerprint density at radius 1 is 1.17 bits per heavy atom. The lowest BCUT2D eigenvalue weighted by molar-refractivity contribution is 1.24. The maximum Gasteiger partial charge on any atom is 0.156 e. The van der Waals surface area contributed by atoms with E-state index in [1.807, 2.05) is 24.4 Å². The molecule has 0 unspecified atom stereocenters. The summed E-state index contributed by atoms with van der Waals surface area (Å²) < 4.78 is 0. The van der Waals surface area contributed by atoms with E-state index in [0.717, 1.165) is 16.7 Å². The largest absolute Gasteiger partial charge is 0.345 e. The van der Waals surface area contributed by atoms with E-state index in [1.54, 1.807) is 6.20 Å². The van der Waals surface area contributed by atoms with Crippen LogP contribution >= 0.6 is 0 Å². The second-order valence-corrected chi connectivity index (χ2v) is 4.09. The highest BCUT2D eigenvalue weighted by atomic mass is 14.9. The molecule has 18 heavy (non-hydrogen) atoms. The highest BCUT2D eigenvalue weighted by molar-refractivity contribution is 5.70. The van der Waals surface area contributed by atoms with Gasteiger partial charge in [0.15, 0.2) is 5.65 Å². The van der Waals surface area contributed by atoms with Crippen LogP contribution < -0.4 is 0 Å². The van der Waals surface area contributed by atoms with Crippen molar-refractivity contribution in [3.63, 3.8) is 0 Å². The summed E-state index contributed by atoms with van der Waals surface area (Å²) in [7, 11) is 0. The van der Waals surface area contributed by atoms with Crippen LogP contribution in [0, 0.1) is 18.8 Å². The van der Waals surface area contributed by atoms with Crippen molar-refractivity contribution < 1.29 is 0 Å². The number of aromatic nitrogens is 3. The summed E-state index contributed by atoms with van der Waals surface area (Å²) >= 11 is 0. The second-order valence-electron chi connectivity index (χ2n) is 4.09. The van der Waals surface area contributed by atoms with Crippen molar-refractivity contribution in [3.05, 3.63) is 59.5 Å². The van der Waals surface area contributed by atoms with Crippen LogP contribution in [0.1, 0.15) is 16.8 Å². The quantitative estimate of drug-likeness (QED) is 0.606. The van der Waals surface area contributed by atoms with E-state index in [9.17, 15) is 0 Å². The van der Waals surface area contributed by atoms with Crippen molar-refractivity contribution in [1.29, 1.82) is 0 Å². The van der Waals surface area contributed by atoms with Gasteiger partial charge in [-0.05, 0) is 36.6 Å². The summed E-state index contributed by atoms with van der Waals surface area (Å²) in [5.41, 5.74) is 4.51. The number of nitrogens with zero attached hydrogens (tertiary/aromatic N) is 2. The predicted octanol–water partition coefficient (Wildman–Crippen LogP) is 2.67. The molecule has 2 aromatic heterocycles. The fourth-order valence-corrected chi connectivity index (χ4v) is 1.75. The lowest BCUT2D eigenvalue weighted by Gasteiger charge is -1.93. The lowest BCUT2D eigenvalue weighted by Crippen LogP contribution is -1.86. The highest BCUT2D eigenvalue weighted by Crippen LogP contribution is 2.06. The Kier molecular flexibility index (Phi) is 2.54. The summed E-state index contributed by atoms with van der Waals surface area (Å²) in [5.74, 6) is 6.13. The summed E-state index contributed by atoms with van der Waals surface area (Å²) in [4.78, 5) is 11.7. The molecule has 0 saturated carbocycles. The molecule has 3 heteroatoms. The summed E-state index contributed by atoms with van der Waals surface area (Å²) in [6.45, 7) is 2.05. The van der Waals surface area contributed by atoms with Crippen molar-refractivity contribution >= 4 is 11.2 Å². The zero-order chi connectivity index (χ0) is 12.4. The minimum absolute atomic E-state index is 0.684. The van der Waals surface area contributed by atoms with Gasteiger partial charge in [0.25, 0.3) is 0 Å². The third-order valence-corrected chi connectivity index (χ3v) is 2.61. The number of benzene rings is 1. The monoisotopic (exact) mass is 233 g/mol. The summed E-state index contributed by atoms with van der Waals surface area (Å²) in [6, 6.07) is 9.98. The molecule has 3 nitrogen and oxygen atoms in total. The van der Waals surface area contributed by atoms with Gasteiger partial charge in [-0.15, -0.1) is 0 Å². The minimum Gasteiger partial charge on any atom is -0.345 e. The Balaban J connectivity index is 1.97. The van der Waals surface area contributed by atoms with Crippen LogP contribution in [0.5, 0.6) is 0 Å². The van der Waals surface area contributed by atoms with Gasteiger partial charge in [0.1, 0.15) is 11.2 Å². The molecule has 3 aromatic rings. The van der Waals surface area contributed by atoms with Crippen molar-refractivity contribution in [2.45, 2.75) is 6.92 Å². The molecule has 0 radical (unpaired) electrons. The third kappa shape index (κ3) is 2.09. The number of aromatic amines is 1. The van der Waals surface area contributed by atoms with E-state index in [-0.39, 0.29) is 0 Å². The van der Waals surface area contributed by atoms with Gasteiger partial charge in [0.05, 0.1) is 6.20 Å². The Morgan fingerprint density at radius 2 is 2.11 bits per heavy atom. The fourth-order valence-electron chi connectivity index (χ4n) is 1.75. The van der Waals surface area contributed by atoms with Gasteiger partial charge < -0.3 is 4.98 Å². The topological polar surface area (TPSA) is 41.6 Å². The third-order valence-electron chi connectivity index (χ3n) is 2.61. The molecule has 0 spiro atoms. The van der Waals surface area contributed by atoms with Crippen LogP contribution in [-0.2, 0) is 0 Å². The van der Waals surface area contributed by atoms with Crippen molar-refractivity contribution in [2.24, 2.45) is 0 Å². The number of H-pyrrole nitrogens is 1. The van der Waals surface area contributed by atoms with Crippen LogP contribution in [0.4, 0.5) is 0 Å². The first-order chi connectivity index (χ1) is 8.81. The molecule has 1 N–H and O–H groups in total. The number of hydrogen-bond acceptors (Lipinski definition) is 2. The van der Waals surface area contributed by atoms with Gasteiger partial charge in [0, 0.05) is 11.8 Å².